The normalized spacial score (nSPS) is 15.7. The second-order valence-corrected chi connectivity index (χ2v) is 5.96. The molecule has 0 amide bonds. The molecule has 1 aromatic heterocycles. The molecule has 1 atom stereocenters. The summed E-state index contributed by atoms with van der Waals surface area (Å²) in [7, 11) is 0. The zero-order chi connectivity index (χ0) is 16.1. The second kappa shape index (κ2) is 4.78. The van der Waals surface area contributed by atoms with Gasteiger partial charge in [-0.05, 0) is 44.2 Å². The van der Waals surface area contributed by atoms with E-state index >= 15 is 0 Å². The molecule has 3 N–H and O–H groups in total. The molecule has 1 aliphatic rings. The number of fused-ring (bicyclic) bond motifs is 3. The standard InChI is InChI=1S/C18H17N3O2/c1-10-3-5-14-13(7-10)15-8-11(2)20-21(15)18(19-14)12-4-6-16(22)17(23)9-12/h3-9,18-19,22-23H,1-2H3. The van der Waals surface area contributed by atoms with Crippen molar-refractivity contribution in [3.63, 3.8) is 0 Å². The molecule has 0 aliphatic carbocycles. The number of nitrogens with one attached hydrogen (secondary N) is 1. The SMILES string of the molecule is Cc1ccc2c(c1)-c1cc(C)nn1C(c1ccc(O)c(O)c1)N2. The lowest BCUT2D eigenvalue weighted by atomic mass is 10.0. The van der Waals surface area contributed by atoms with Crippen LogP contribution in [0.2, 0.25) is 0 Å². The maximum Gasteiger partial charge on any atom is 0.157 e. The molecule has 3 aromatic rings. The first-order valence-electron chi connectivity index (χ1n) is 7.48. The third-order valence-electron chi connectivity index (χ3n) is 4.16. The van der Waals surface area contributed by atoms with E-state index in [9.17, 15) is 10.2 Å². The van der Waals surface area contributed by atoms with Gasteiger partial charge in [0.2, 0.25) is 0 Å². The van der Waals surface area contributed by atoms with Crippen molar-refractivity contribution in [3.05, 3.63) is 59.3 Å². The van der Waals surface area contributed by atoms with E-state index in [1.165, 1.54) is 11.6 Å². The monoisotopic (exact) mass is 307 g/mol. The number of anilines is 1. The number of aryl methyl sites for hydroxylation is 2. The van der Waals surface area contributed by atoms with E-state index in [1.54, 1.807) is 12.1 Å². The van der Waals surface area contributed by atoms with E-state index in [4.69, 9.17) is 0 Å². The predicted octanol–water partition coefficient (Wildman–Crippen LogP) is 3.55. The van der Waals surface area contributed by atoms with Gasteiger partial charge >= 0.3 is 0 Å². The van der Waals surface area contributed by atoms with Crippen molar-refractivity contribution in [1.82, 2.24) is 9.78 Å². The van der Waals surface area contributed by atoms with Crippen LogP contribution in [0.5, 0.6) is 11.5 Å². The molecule has 5 heteroatoms. The first kappa shape index (κ1) is 13.7. The van der Waals surface area contributed by atoms with Crippen LogP contribution in [0.1, 0.15) is 23.0 Å². The van der Waals surface area contributed by atoms with Gasteiger partial charge in [0.15, 0.2) is 11.5 Å². The Bertz CT molecular complexity index is 915. The summed E-state index contributed by atoms with van der Waals surface area (Å²) in [5, 5.41) is 27.4. The Morgan fingerprint density at radius 2 is 1.83 bits per heavy atom. The number of hydrogen-bond acceptors (Lipinski definition) is 4. The van der Waals surface area contributed by atoms with Crippen molar-refractivity contribution in [3.8, 4) is 22.8 Å². The zero-order valence-electron chi connectivity index (χ0n) is 12.9. The molecule has 116 valence electrons. The lowest BCUT2D eigenvalue weighted by Gasteiger charge is -2.29. The van der Waals surface area contributed by atoms with E-state index in [1.807, 2.05) is 11.6 Å². The molecule has 4 rings (SSSR count). The van der Waals surface area contributed by atoms with Gasteiger partial charge in [-0.15, -0.1) is 0 Å². The molecule has 0 saturated carbocycles. The highest BCUT2D eigenvalue weighted by molar-refractivity contribution is 5.79. The number of hydrogen-bond donors (Lipinski definition) is 3. The van der Waals surface area contributed by atoms with Gasteiger partial charge in [0, 0.05) is 16.8 Å². The fourth-order valence-corrected chi connectivity index (χ4v) is 3.05. The van der Waals surface area contributed by atoms with Crippen molar-refractivity contribution in [1.29, 1.82) is 0 Å². The van der Waals surface area contributed by atoms with Crippen LogP contribution in [0.15, 0.2) is 42.5 Å². The van der Waals surface area contributed by atoms with Crippen LogP contribution in [-0.2, 0) is 0 Å². The van der Waals surface area contributed by atoms with Crippen LogP contribution >= 0.6 is 0 Å². The number of nitrogens with zero attached hydrogens (tertiary/aromatic N) is 2. The summed E-state index contributed by atoms with van der Waals surface area (Å²) >= 11 is 0. The van der Waals surface area contributed by atoms with Crippen LogP contribution in [0.25, 0.3) is 11.3 Å². The molecule has 1 unspecified atom stereocenters. The van der Waals surface area contributed by atoms with Crippen LogP contribution in [0.4, 0.5) is 5.69 Å². The lowest BCUT2D eigenvalue weighted by Crippen LogP contribution is -2.25. The Morgan fingerprint density at radius 3 is 2.61 bits per heavy atom. The fraction of sp³-hybridized carbons (Fsp3) is 0.167. The molecule has 5 nitrogen and oxygen atoms in total. The van der Waals surface area contributed by atoms with Gasteiger partial charge in [0.05, 0.1) is 11.4 Å². The number of aromatic nitrogens is 2. The molecular formula is C18H17N3O2. The van der Waals surface area contributed by atoms with E-state index < -0.39 is 0 Å². The predicted molar refractivity (Wildman–Crippen MR) is 88.7 cm³/mol. The second-order valence-electron chi connectivity index (χ2n) is 5.96. The molecule has 0 radical (unpaired) electrons. The van der Waals surface area contributed by atoms with Gasteiger partial charge in [0.1, 0.15) is 6.17 Å². The molecule has 2 aromatic carbocycles. The zero-order valence-corrected chi connectivity index (χ0v) is 12.9. The smallest absolute Gasteiger partial charge is 0.157 e. The maximum atomic E-state index is 9.81. The van der Waals surface area contributed by atoms with Crippen molar-refractivity contribution in [2.75, 3.05) is 5.32 Å². The minimum atomic E-state index is -0.236. The first-order valence-corrected chi connectivity index (χ1v) is 7.48. The fourth-order valence-electron chi connectivity index (χ4n) is 3.05. The number of phenolic OH excluding ortho intramolecular Hbond substituents is 2. The summed E-state index contributed by atoms with van der Waals surface area (Å²) in [6.07, 6.45) is -0.236. The Kier molecular flexibility index (Phi) is 2.84. The number of phenols is 2. The number of aromatic hydroxyl groups is 2. The Labute approximate surface area is 133 Å². The average molecular weight is 307 g/mol. The lowest BCUT2D eigenvalue weighted by molar-refractivity contribution is 0.402. The van der Waals surface area contributed by atoms with Crippen molar-refractivity contribution >= 4 is 5.69 Å². The third-order valence-corrected chi connectivity index (χ3v) is 4.16. The summed E-state index contributed by atoms with van der Waals surface area (Å²) in [5.74, 6) is -0.262. The van der Waals surface area contributed by atoms with Crippen LogP contribution in [0.3, 0.4) is 0 Å². The summed E-state index contributed by atoms with van der Waals surface area (Å²) in [6, 6.07) is 13.2. The van der Waals surface area contributed by atoms with Gasteiger partial charge in [-0.2, -0.15) is 5.10 Å². The van der Waals surface area contributed by atoms with Crippen LogP contribution in [-0.4, -0.2) is 20.0 Å². The minimum absolute atomic E-state index is 0.127. The largest absolute Gasteiger partial charge is 0.504 e. The van der Waals surface area contributed by atoms with Crippen LogP contribution < -0.4 is 5.32 Å². The van der Waals surface area contributed by atoms with E-state index in [2.05, 4.69) is 41.6 Å². The third kappa shape index (κ3) is 2.12. The molecule has 0 saturated heterocycles. The average Bonchev–Trinajstić information content (AvgIpc) is 2.91. The van der Waals surface area contributed by atoms with Crippen molar-refractivity contribution in [2.24, 2.45) is 0 Å². The van der Waals surface area contributed by atoms with Gasteiger partial charge in [-0.1, -0.05) is 17.7 Å². The summed E-state index contributed by atoms with van der Waals surface area (Å²) in [6.45, 7) is 4.03. The first-order chi connectivity index (χ1) is 11.0. The molecular weight excluding hydrogens is 290 g/mol. The highest BCUT2D eigenvalue weighted by Gasteiger charge is 2.26. The molecule has 2 heterocycles. The van der Waals surface area contributed by atoms with E-state index in [0.717, 1.165) is 28.2 Å². The van der Waals surface area contributed by atoms with Gasteiger partial charge in [-0.25, -0.2) is 4.68 Å². The van der Waals surface area contributed by atoms with Gasteiger partial charge < -0.3 is 15.5 Å². The summed E-state index contributed by atoms with van der Waals surface area (Å²) in [5.41, 5.74) is 6.14. The highest BCUT2D eigenvalue weighted by Crippen LogP contribution is 2.40. The minimum Gasteiger partial charge on any atom is -0.504 e. The van der Waals surface area contributed by atoms with Crippen LogP contribution in [0, 0.1) is 13.8 Å². The summed E-state index contributed by atoms with van der Waals surface area (Å²) in [4.78, 5) is 0. The van der Waals surface area contributed by atoms with Crippen molar-refractivity contribution < 1.29 is 10.2 Å². The van der Waals surface area contributed by atoms with E-state index in [-0.39, 0.29) is 17.7 Å². The number of benzene rings is 2. The molecule has 23 heavy (non-hydrogen) atoms. The quantitative estimate of drug-likeness (QED) is 0.601. The Balaban J connectivity index is 1.90. The highest BCUT2D eigenvalue weighted by atomic mass is 16.3. The van der Waals surface area contributed by atoms with Crippen molar-refractivity contribution in [2.45, 2.75) is 20.0 Å². The molecule has 0 spiro atoms. The van der Waals surface area contributed by atoms with Gasteiger partial charge in [-0.3, -0.25) is 0 Å². The summed E-state index contributed by atoms with van der Waals surface area (Å²) < 4.78 is 1.92. The Hall–Kier alpha value is -2.95. The topological polar surface area (TPSA) is 70.3 Å². The number of rotatable bonds is 1. The Morgan fingerprint density at radius 1 is 1.00 bits per heavy atom. The molecule has 0 fully saturated rings. The van der Waals surface area contributed by atoms with E-state index in [0.29, 0.717) is 0 Å². The molecule has 1 aliphatic heterocycles. The maximum absolute atomic E-state index is 9.81. The van der Waals surface area contributed by atoms with Gasteiger partial charge in [0.25, 0.3) is 0 Å². The molecule has 0 bridgehead atoms.